The van der Waals surface area contributed by atoms with Crippen molar-refractivity contribution in [3.05, 3.63) is 71.8 Å². The van der Waals surface area contributed by atoms with Crippen LogP contribution in [0.25, 0.3) is 10.8 Å². The summed E-state index contributed by atoms with van der Waals surface area (Å²) in [5, 5.41) is 1.28. The monoisotopic (exact) mass is 355 g/mol. The highest BCUT2D eigenvalue weighted by Crippen LogP contribution is 2.42. The van der Waals surface area contributed by atoms with Gasteiger partial charge in [-0.05, 0) is 35.5 Å². The van der Waals surface area contributed by atoms with Crippen molar-refractivity contribution < 1.29 is 13.2 Å². The first-order valence-electron chi connectivity index (χ1n) is 7.38. The second kappa shape index (κ2) is 5.73. The van der Waals surface area contributed by atoms with Crippen LogP contribution in [0.1, 0.15) is 15.9 Å². The predicted molar refractivity (Wildman–Crippen MR) is 94.6 cm³/mol. The lowest BCUT2D eigenvalue weighted by molar-refractivity contribution is 0.109. The van der Waals surface area contributed by atoms with Crippen LogP contribution in [-0.4, -0.2) is 13.5 Å². The largest absolute Gasteiger partial charge is 0.281 e. The fraction of sp³-hybridized carbons (Fsp3) is 0.0556. The van der Waals surface area contributed by atoms with Crippen LogP contribution in [0.2, 0.25) is 0 Å². The molecule has 0 bridgehead atoms. The van der Waals surface area contributed by atoms with Gasteiger partial charge in [-0.15, -0.1) is 0 Å². The van der Waals surface area contributed by atoms with Crippen molar-refractivity contribution in [3.63, 3.8) is 0 Å². The number of thioether (sulfide) groups is 1. The van der Waals surface area contributed by atoms with Gasteiger partial charge in [0, 0.05) is 27.8 Å². The Hall–Kier alpha value is -2.15. The quantitative estimate of drug-likeness (QED) is 0.777. The molecule has 6 heteroatoms. The fourth-order valence-corrected chi connectivity index (χ4v) is 5.00. The average Bonchev–Trinajstić information content (AvgIpc) is 2.92. The van der Waals surface area contributed by atoms with E-state index in [2.05, 4.69) is 4.72 Å². The first kappa shape index (κ1) is 15.4. The van der Waals surface area contributed by atoms with Crippen molar-refractivity contribution in [2.24, 2.45) is 0 Å². The molecule has 0 saturated heterocycles. The molecule has 0 amide bonds. The molecule has 0 spiro atoms. The van der Waals surface area contributed by atoms with Gasteiger partial charge in [0.25, 0.3) is 0 Å². The standard InChI is InChI=1S/C18H13NO3S2/c20-18-14-8-4-7-13-16(10-9-15(23-18)17(13)14)24(21,22)19-11-12-5-2-1-3-6-12/h1-10,19H,11H2. The van der Waals surface area contributed by atoms with Crippen molar-refractivity contribution in [3.8, 4) is 0 Å². The van der Waals surface area contributed by atoms with Gasteiger partial charge < -0.3 is 0 Å². The van der Waals surface area contributed by atoms with Crippen molar-refractivity contribution in [1.82, 2.24) is 4.72 Å². The molecule has 3 aromatic carbocycles. The second-order valence-electron chi connectivity index (χ2n) is 5.49. The number of nitrogens with one attached hydrogen (secondary N) is 1. The van der Waals surface area contributed by atoms with Gasteiger partial charge in [-0.2, -0.15) is 0 Å². The summed E-state index contributed by atoms with van der Waals surface area (Å²) in [5.41, 5.74) is 1.46. The summed E-state index contributed by atoms with van der Waals surface area (Å²) in [6, 6.07) is 17.8. The van der Waals surface area contributed by atoms with Crippen molar-refractivity contribution in [2.75, 3.05) is 0 Å². The zero-order valence-electron chi connectivity index (χ0n) is 12.5. The van der Waals surface area contributed by atoms with E-state index in [1.165, 1.54) is 0 Å². The molecule has 1 aliphatic rings. The summed E-state index contributed by atoms with van der Waals surface area (Å²) in [7, 11) is -3.68. The smallest absolute Gasteiger partial charge is 0.241 e. The van der Waals surface area contributed by atoms with Crippen LogP contribution in [0.4, 0.5) is 0 Å². The maximum Gasteiger partial charge on any atom is 0.241 e. The van der Waals surface area contributed by atoms with Crippen LogP contribution >= 0.6 is 11.8 Å². The minimum Gasteiger partial charge on any atom is -0.281 e. The number of rotatable bonds is 4. The zero-order valence-corrected chi connectivity index (χ0v) is 14.2. The molecule has 1 N–H and O–H groups in total. The molecule has 1 heterocycles. The minimum atomic E-state index is -3.68. The van der Waals surface area contributed by atoms with Crippen LogP contribution in [0.15, 0.2) is 70.5 Å². The SMILES string of the molecule is O=C1Sc2ccc(S(=O)(=O)NCc3ccccc3)c3cccc1c23. The normalized spacial score (nSPS) is 13.6. The molecule has 120 valence electrons. The van der Waals surface area contributed by atoms with Gasteiger partial charge >= 0.3 is 0 Å². The maximum atomic E-state index is 12.7. The minimum absolute atomic E-state index is 0.0395. The van der Waals surface area contributed by atoms with E-state index in [0.29, 0.717) is 10.9 Å². The van der Waals surface area contributed by atoms with Gasteiger partial charge in [0.2, 0.25) is 15.1 Å². The number of hydrogen-bond acceptors (Lipinski definition) is 4. The Morgan fingerprint density at radius 2 is 1.71 bits per heavy atom. The lowest BCUT2D eigenvalue weighted by Crippen LogP contribution is -2.23. The molecule has 0 aromatic heterocycles. The molecule has 4 nitrogen and oxygen atoms in total. The van der Waals surface area contributed by atoms with E-state index in [0.717, 1.165) is 27.6 Å². The molecule has 0 fully saturated rings. The number of carbonyl (C=O) groups excluding carboxylic acids is 1. The second-order valence-corrected chi connectivity index (χ2v) is 8.24. The molecule has 1 aliphatic heterocycles. The van der Waals surface area contributed by atoms with Gasteiger partial charge in [-0.1, -0.05) is 42.5 Å². The highest BCUT2D eigenvalue weighted by Gasteiger charge is 2.27. The van der Waals surface area contributed by atoms with Crippen molar-refractivity contribution in [2.45, 2.75) is 16.3 Å². The molecular weight excluding hydrogens is 342 g/mol. The first-order valence-corrected chi connectivity index (χ1v) is 9.68. The van der Waals surface area contributed by atoms with E-state index in [4.69, 9.17) is 0 Å². The third-order valence-corrected chi connectivity index (χ3v) is 6.41. The Kier molecular flexibility index (Phi) is 3.68. The highest BCUT2D eigenvalue weighted by molar-refractivity contribution is 8.14. The van der Waals surface area contributed by atoms with Crippen LogP contribution in [-0.2, 0) is 16.6 Å². The molecule has 4 rings (SSSR count). The Balaban J connectivity index is 1.77. The van der Waals surface area contributed by atoms with E-state index < -0.39 is 10.0 Å². The summed E-state index contributed by atoms with van der Waals surface area (Å²) in [5.74, 6) is 0. The molecular formula is C18H13NO3S2. The lowest BCUT2D eigenvalue weighted by Gasteiger charge is -2.10. The van der Waals surface area contributed by atoms with E-state index in [1.807, 2.05) is 30.3 Å². The van der Waals surface area contributed by atoms with Gasteiger partial charge in [0.15, 0.2) is 0 Å². The fourth-order valence-electron chi connectivity index (χ4n) is 2.84. The number of sulfonamides is 1. The number of carbonyl (C=O) groups is 1. The molecule has 0 unspecified atom stereocenters. The van der Waals surface area contributed by atoms with Crippen molar-refractivity contribution >= 4 is 37.7 Å². The van der Waals surface area contributed by atoms with Gasteiger partial charge in [0.1, 0.15) is 0 Å². The summed E-state index contributed by atoms with van der Waals surface area (Å²) in [6.45, 7) is 0.222. The van der Waals surface area contributed by atoms with Gasteiger partial charge in [-0.3, -0.25) is 4.79 Å². The number of benzene rings is 3. The van der Waals surface area contributed by atoms with Gasteiger partial charge in [-0.25, -0.2) is 13.1 Å². The highest BCUT2D eigenvalue weighted by atomic mass is 32.2. The van der Waals surface area contributed by atoms with E-state index in [9.17, 15) is 13.2 Å². The third-order valence-electron chi connectivity index (χ3n) is 3.98. The van der Waals surface area contributed by atoms with Crippen LogP contribution < -0.4 is 4.72 Å². The molecule has 3 aromatic rings. The van der Waals surface area contributed by atoms with E-state index in [-0.39, 0.29) is 16.6 Å². The lowest BCUT2D eigenvalue weighted by atomic mass is 10.1. The Labute approximate surface area is 143 Å². The summed E-state index contributed by atoms with van der Waals surface area (Å²) in [4.78, 5) is 13.0. The van der Waals surface area contributed by atoms with E-state index >= 15 is 0 Å². The van der Waals surface area contributed by atoms with Crippen LogP contribution in [0, 0.1) is 0 Å². The summed E-state index contributed by atoms with van der Waals surface area (Å²) >= 11 is 1.15. The molecule has 24 heavy (non-hydrogen) atoms. The molecule has 0 aliphatic carbocycles. The first-order chi connectivity index (χ1) is 11.6. The maximum absolute atomic E-state index is 12.7. The van der Waals surface area contributed by atoms with Crippen LogP contribution in [0.3, 0.4) is 0 Å². The average molecular weight is 355 g/mol. The topological polar surface area (TPSA) is 63.2 Å². The zero-order chi connectivity index (χ0) is 16.7. The summed E-state index contributed by atoms with van der Waals surface area (Å²) in [6.07, 6.45) is 0. The predicted octanol–water partition coefficient (Wildman–Crippen LogP) is 3.56. The molecule has 0 saturated carbocycles. The number of hydrogen-bond donors (Lipinski definition) is 1. The van der Waals surface area contributed by atoms with Crippen LogP contribution in [0.5, 0.6) is 0 Å². The Morgan fingerprint density at radius 1 is 0.917 bits per heavy atom. The summed E-state index contributed by atoms with van der Waals surface area (Å²) < 4.78 is 28.1. The Bertz CT molecular complexity index is 1060. The third kappa shape index (κ3) is 2.53. The van der Waals surface area contributed by atoms with Gasteiger partial charge in [0.05, 0.1) is 4.90 Å². The molecule has 0 atom stereocenters. The van der Waals surface area contributed by atoms with E-state index in [1.54, 1.807) is 30.3 Å². The van der Waals surface area contributed by atoms with Crippen molar-refractivity contribution in [1.29, 1.82) is 0 Å². The Morgan fingerprint density at radius 3 is 2.50 bits per heavy atom. The molecule has 0 radical (unpaired) electrons.